The van der Waals surface area contributed by atoms with E-state index in [2.05, 4.69) is 14.7 Å². The second kappa shape index (κ2) is 9.06. The van der Waals surface area contributed by atoms with Crippen LogP contribution in [-0.2, 0) is 14.6 Å². The monoisotopic (exact) mass is 507 g/mol. The average molecular weight is 507 g/mol. The molecule has 0 saturated carbocycles. The van der Waals surface area contributed by atoms with Crippen LogP contribution >= 0.6 is 0 Å². The van der Waals surface area contributed by atoms with Crippen molar-refractivity contribution in [1.29, 1.82) is 5.26 Å². The second-order valence-corrected chi connectivity index (χ2v) is 9.04. The molecule has 3 rings (SSSR count). The van der Waals surface area contributed by atoms with Crippen LogP contribution < -0.4 is 4.90 Å². The summed E-state index contributed by atoms with van der Waals surface area (Å²) in [5, 5.41) is 19.0. The van der Waals surface area contributed by atoms with Crippen molar-refractivity contribution < 1.29 is 40.0 Å². The van der Waals surface area contributed by atoms with Crippen molar-refractivity contribution in [3.8, 4) is 6.07 Å². The number of alkyl halides is 3. The minimum Gasteiger partial charge on any atom is -0.365 e. The molecule has 1 aliphatic heterocycles. The van der Waals surface area contributed by atoms with Crippen LogP contribution in [0.5, 0.6) is 0 Å². The van der Waals surface area contributed by atoms with Gasteiger partial charge in [0.25, 0.3) is 0 Å². The lowest BCUT2D eigenvalue weighted by Gasteiger charge is -2.34. The predicted molar refractivity (Wildman–Crippen MR) is 103 cm³/mol. The van der Waals surface area contributed by atoms with E-state index in [1.165, 1.54) is 13.0 Å². The maximum Gasteiger partial charge on any atom is 0.416 e. The number of nitriles is 1. The lowest BCUT2D eigenvalue weighted by molar-refractivity contribution is -0.385. The van der Waals surface area contributed by atoms with Gasteiger partial charge >= 0.3 is 11.9 Å². The third-order valence-corrected chi connectivity index (χ3v) is 6.69. The fourth-order valence-electron chi connectivity index (χ4n) is 3.30. The molecule has 1 aromatic carbocycles. The molecule has 0 aliphatic carbocycles. The summed E-state index contributed by atoms with van der Waals surface area (Å²) >= 11 is 0. The van der Waals surface area contributed by atoms with Crippen LogP contribution in [0.25, 0.3) is 0 Å². The van der Waals surface area contributed by atoms with Crippen molar-refractivity contribution in [3.63, 3.8) is 0 Å². The van der Waals surface area contributed by atoms with E-state index in [0.29, 0.717) is 12.1 Å². The molecular formula is C18H14F5N5O5S. The highest BCUT2D eigenvalue weighted by Gasteiger charge is 2.46. The van der Waals surface area contributed by atoms with Crippen LogP contribution in [-0.4, -0.2) is 55.3 Å². The summed E-state index contributed by atoms with van der Waals surface area (Å²) in [5.74, 6) is -4.32. The van der Waals surface area contributed by atoms with E-state index in [-0.39, 0.29) is 12.4 Å². The number of aromatic nitrogens is 2. The van der Waals surface area contributed by atoms with Gasteiger partial charge in [0.15, 0.2) is 23.4 Å². The number of sulfone groups is 1. The third-order valence-electron chi connectivity index (χ3n) is 4.82. The smallest absolute Gasteiger partial charge is 0.365 e. The Labute approximate surface area is 188 Å². The molecule has 1 saturated heterocycles. The number of benzene rings is 1. The molecule has 2 heterocycles. The van der Waals surface area contributed by atoms with Crippen LogP contribution in [0.1, 0.15) is 16.8 Å². The highest BCUT2D eigenvalue weighted by atomic mass is 32.2. The Bertz CT molecular complexity index is 1280. The number of rotatable bonds is 5. The van der Waals surface area contributed by atoms with Crippen LogP contribution in [0.15, 0.2) is 23.1 Å². The van der Waals surface area contributed by atoms with Crippen LogP contribution in [0.3, 0.4) is 0 Å². The normalized spacial score (nSPS) is 17.8. The quantitative estimate of drug-likeness (QED) is 0.339. The molecule has 1 aromatic heterocycles. The van der Waals surface area contributed by atoms with E-state index < -0.39 is 79.2 Å². The van der Waals surface area contributed by atoms with Crippen molar-refractivity contribution >= 4 is 21.3 Å². The van der Waals surface area contributed by atoms with Crippen molar-refractivity contribution in [2.45, 2.75) is 29.3 Å². The molecule has 1 fully saturated rings. The zero-order chi connectivity index (χ0) is 25.4. The first-order chi connectivity index (χ1) is 15.8. The molecule has 34 heavy (non-hydrogen) atoms. The zero-order valence-electron chi connectivity index (χ0n) is 17.1. The Balaban J connectivity index is 2.20. The van der Waals surface area contributed by atoms with Crippen molar-refractivity contribution in [2.24, 2.45) is 0 Å². The Kier molecular flexibility index (Phi) is 6.71. The lowest BCUT2D eigenvalue weighted by Crippen LogP contribution is -2.49. The minimum absolute atomic E-state index is 0.272. The fourth-order valence-corrected chi connectivity index (χ4v) is 4.77. The molecule has 0 N–H and O–H groups in total. The fraction of sp³-hybridized carbons (Fsp3) is 0.389. The first-order valence-electron chi connectivity index (χ1n) is 9.32. The van der Waals surface area contributed by atoms with Crippen LogP contribution in [0.4, 0.5) is 33.5 Å². The van der Waals surface area contributed by atoms with Crippen molar-refractivity contribution in [1.82, 2.24) is 9.97 Å². The topological polar surface area (TPSA) is 139 Å². The molecule has 1 unspecified atom stereocenters. The number of ether oxygens (including phenoxy) is 1. The van der Waals surface area contributed by atoms with Gasteiger partial charge in [0.2, 0.25) is 20.9 Å². The average Bonchev–Trinajstić information content (AvgIpc) is 2.74. The van der Waals surface area contributed by atoms with Crippen LogP contribution in [0, 0.1) is 40.0 Å². The first kappa shape index (κ1) is 25.2. The maximum atomic E-state index is 14.2. The molecule has 0 spiro atoms. The third kappa shape index (κ3) is 4.61. The summed E-state index contributed by atoms with van der Waals surface area (Å²) < 4.78 is 97.9. The molecule has 10 nitrogen and oxygen atoms in total. The summed E-state index contributed by atoms with van der Waals surface area (Å²) in [6.45, 7) is -0.481. The minimum atomic E-state index is -5.11. The van der Waals surface area contributed by atoms with E-state index in [1.807, 2.05) is 0 Å². The van der Waals surface area contributed by atoms with Gasteiger partial charge in [0, 0.05) is 6.54 Å². The van der Waals surface area contributed by atoms with Gasteiger partial charge < -0.3 is 9.64 Å². The maximum absolute atomic E-state index is 14.2. The van der Waals surface area contributed by atoms with E-state index in [1.54, 1.807) is 0 Å². The molecule has 2 aromatic rings. The standard InChI is InChI=1S/C18H14F5N5O5S/c1-9-25-15(12(7-24)34(31,32)11-4-2-3-10(19)14(11)20)16(28(29)30)17(26-9)27-5-6-33-13(8-27)18(21,22)23/h2-4,12-13H,5-6,8H2,1H3/t12?,13-/m0/s1. The first-order valence-corrected chi connectivity index (χ1v) is 10.9. The molecule has 0 amide bonds. The van der Waals surface area contributed by atoms with Gasteiger partial charge in [-0.1, -0.05) is 6.07 Å². The van der Waals surface area contributed by atoms with Gasteiger partial charge in [-0.3, -0.25) is 10.1 Å². The van der Waals surface area contributed by atoms with Gasteiger partial charge in [-0.15, -0.1) is 0 Å². The Morgan fingerprint density at radius 2 is 2.00 bits per heavy atom. The molecule has 16 heteroatoms. The van der Waals surface area contributed by atoms with Gasteiger partial charge in [-0.05, 0) is 19.1 Å². The van der Waals surface area contributed by atoms with Crippen LogP contribution in [0.2, 0.25) is 0 Å². The number of hydrogen-bond donors (Lipinski definition) is 0. The molecule has 182 valence electrons. The SMILES string of the molecule is Cc1nc(C(C#N)S(=O)(=O)c2cccc(F)c2F)c([N+](=O)[O-])c(N2CCO[C@H](C(F)(F)F)C2)n1. The van der Waals surface area contributed by atoms with Gasteiger partial charge in [-0.25, -0.2) is 27.2 Å². The number of morpholine rings is 1. The number of halogens is 5. The van der Waals surface area contributed by atoms with E-state index in [9.17, 15) is 45.7 Å². The number of nitrogens with zero attached hydrogens (tertiary/aromatic N) is 5. The summed E-state index contributed by atoms with van der Waals surface area (Å²) in [4.78, 5) is 17.9. The molecule has 0 bridgehead atoms. The molecule has 0 radical (unpaired) electrons. The Morgan fingerprint density at radius 1 is 1.32 bits per heavy atom. The summed E-state index contributed by atoms with van der Waals surface area (Å²) in [7, 11) is -5.11. The number of anilines is 1. The number of hydrogen-bond acceptors (Lipinski definition) is 9. The number of nitro groups is 1. The van der Waals surface area contributed by atoms with E-state index in [4.69, 9.17) is 0 Å². The largest absolute Gasteiger partial charge is 0.416 e. The second-order valence-electron chi connectivity index (χ2n) is 7.04. The van der Waals surface area contributed by atoms with Gasteiger partial charge in [0.05, 0.1) is 24.1 Å². The Morgan fingerprint density at radius 3 is 2.59 bits per heavy atom. The molecule has 2 atom stereocenters. The highest BCUT2D eigenvalue weighted by molar-refractivity contribution is 7.92. The highest BCUT2D eigenvalue weighted by Crippen LogP contribution is 2.39. The summed E-state index contributed by atoms with van der Waals surface area (Å²) in [6.07, 6.45) is -7.11. The van der Waals surface area contributed by atoms with Gasteiger partial charge in [-0.2, -0.15) is 18.4 Å². The van der Waals surface area contributed by atoms with E-state index in [0.717, 1.165) is 11.0 Å². The van der Waals surface area contributed by atoms with Crippen molar-refractivity contribution in [2.75, 3.05) is 24.6 Å². The summed E-state index contributed by atoms with van der Waals surface area (Å²) in [5.41, 5.74) is -2.14. The lowest BCUT2D eigenvalue weighted by atomic mass is 10.2. The van der Waals surface area contributed by atoms with Crippen molar-refractivity contribution in [3.05, 3.63) is 51.5 Å². The van der Waals surface area contributed by atoms with Gasteiger partial charge in [0.1, 0.15) is 10.7 Å². The van der Waals surface area contributed by atoms with E-state index >= 15 is 0 Å². The number of aryl methyl sites for hydroxylation is 1. The predicted octanol–water partition coefficient (Wildman–Crippen LogP) is 2.78. The molecule has 1 aliphatic rings. The summed E-state index contributed by atoms with van der Waals surface area (Å²) in [6, 6.07) is 3.44. The Hall–Kier alpha value is -3.45. The molecular weight excluding hydrogens is 493 g/mol. The zero-order valence-corrected chi connectivity index (χ0v) is 17.9.